The standard InChI is InChI=1S/C21H15N3O2/c25-19(23-18-9-3-6-14-7-4-12-22-20(14)18)11-10-16-13-15-5-1-2-8-17(15)24-21(16)26/h1-13H,(H,23,25)(H,24,26)/b11-10+. The van der Waals surface area contributed by atoms with Gasteiger partial charge in [0.15, 0.2) is 0 Å². The summed E-state index contributed by atoms with van der Waals surface area (Å²) >= 11 is 0. The molecule has 0 unspecified atom stereocenters. The molecule has 0 saturated heterocycles. The molecule has 26 heavy (non-hydrogen) atoms. The van der Waals surface area contributed by atoms with Crippen LogP contribution in [0.3, 0.4) is 0 Å². The minimum Gasteiger partial charge on any atom is -0.321 e. The second kappa shape index (κ2) is 6.64. The first-order valence-corrected chi connectivity index (χ1v) is 8.15. The molecule has 0 aliphatic rings. The SMILES string of the molecule is O=C(/C=C/c1cc2ccccc2[nH]c1=O)Nc1cccc2cccnc12. The van der Waals surface area contributed by atoms with E-state index in [4.69, 9.17) is 0 Å². The van der Waals surface area contributed by atoms with Crippen LogP contribution in [0.15, 0.2) is 77.7 Å². The van der Waals surface area contributed by atoms with Crippen molar-refractivity contribution in [2.75, 3.05) is 5.32 Å². The molecular formula is C21H15N3O2. The molecule has 126 valence electrons. The zero-order valence-corrected chi connectivity index (χ0v) is 13.8. The van der Waals surface area contributed by atoms with Gasteiger partial charge in [-0.15, -0.1) is 0 Å². The Morgan fingerprint density at radius 1 is 1.00 bits per heavy atom. The molecule has 4 aromatic rings. The van der Waals surface area contributed by atoms with Gasteiger partial charge in [0.05, 0.1) is 11.2 Å². The zero-order valence-electron chi connectivity index (χ0n) is 13.8. The molecule has 0 aliphatic heterocycles. The number of anilines is 1. The molecule has 0 atom stereocenters. The Kier molecular flexibility index (Phi) is 4.03. The lowest BCUT2D eigenvalue weighted by Crippen LogP contribution is -2.11. The summed E-state index contributed by atoms with van der Waals surface area (Å²) in [5, 5.41) is 4.66. The van der Waals surface area contributed by atoms with Crippen LogP contribution in [0.5, 0.6) is 0 Å². The lowest BCUT2D eigenvalue weighted by molar-refractivity contribution is -0.111. The predicted octanol–water partition coefficient (Wildman–Crippen LogP) is 3.73. The molecule has 2 heterocycles. The topological polar surface area (TPSA) is 74.8 Å². The molecule has 0 aliphatic carbocycles. The summed E-state index contributed by atoms with van der Waals surface area (Å²) in [7, 11) is 0. The fourth-order valence-electron chi connectivity index (χ4n) is 2.83. The Balaban J connectivity index is 1.60. The number of hydrogen-bond donors (Lipinski definition) is 2. The first-order valence-electron chi connectivity index (χ1n) is 8.15. The molecule has 2 aromatic carbocycles. The fourth-order valence-corrected chi connectivity index (χ4v) is 2.83. The van der Waals surface area contributed by atoms with Gasteiger partial charge in [0.1, 0.15) is 0 Å². The van der Waals surface area contributed by atoms with Gasteiger partial charge in [-0.1, -0.05) is 36.4 Å². The van der Waals surface area contributed by atoms with Crippen LogP contribution in [0.1, 0.15) is 5.56 Å². The average molecular weight is 341 g/mol. The molecule has 1 amide bonds. The minimum atomic E-state index is -0.323. The van der Waals surface area contributed by atoms with Crippen LogP contribution in [0.25, 0.3) is 27.9 Å². The van der Waals surface area contributed by atoms with Crippen molar-refractivity contribution in [3.63, 3.8) is 0 Å². The zero-order chi connectivity index (χ0) is 17.9. The van der Waals surface area contributed by atoms with Crippen LogP contribution in [0.4, 0.5) is 5.69 Å². The van der Waals surface area contributed by atoms with E-state index in [-0.39, 0.29) is 11.5 Å². The second-order valence-electron chi connectivity index (χ2n) is 5.84. The van der Waals surface area contributed by atoms with E-state index in [2.05, 4.69) is 15.3 Å². The number of aromatic nitrogens is 2. The van der Waals surface area contributed by atoms with E-state index in [1.165, 1.54) is 12.2 Å². The first kappa shape index (κ1) is 15.8. The lowest BCUT2D eigenvalue weighted by atomic mass is 10.1. The van der Waals surface area contributed by atoms with Crippen molar-refractivity contribution in [3.05, 3.63) is 88.9 Å². The number of nitrogens with zero attached hydrogens (tertiary/aromatic N) is 1. The smallest absolute Gasteiger partial charge is 0.255 e. The van der Waals surface area contributed by atoms with Crippen molar-refractivity contribution in [2.24, 2.45) is 0 Å². The number of para-hydroxylation sites is 2. The minimum absolute atomic E-state index is 0.237. The number of benzene rings is 2. The Morgan fingerprint density at radius 2 is 1.81 bits per heavy atom. The summed E-state index contributed by atoms with van der Waals surface area (Å²) in [6.07, 6.45) is 4.54. The maximum absolute atomic E-state index is 12.3. The number of amides is 1. The van der Waals surface area contributed by atoms with Crippen molar-refractivity contribution >= 4 is 39.5 Å². The summed E-state index contributed by atoms with van der Waals surface area (Å²) in [6.45, 7) is 0. The van der Waals surface area contributed by atoms with Crippen LogP contribution in [-0.2, 0) is 4.79 Å². The molecule has 0 spiro atoms. The highest BCUT2D eigenvalue weighted by Gasteiger charge is 2.05. The molecule has 0 saturated carbocycles. The van der Waals surface area contributed by atoms with Crippen molar-refractivity contribution in [3.8, 4) is 0 Å². The van der Waals surface area contributed by atoms with E-state index in [0.717, 1.165) is 21.8 Å². The number of carbonyl (C=O) groups is 1. The molecule has 0 radical (unpaired) electrons. The lowest BCUT2D eigenvalue weighted by Gasteiger charge is -2.05. The van der Waals surface area contributed by atoms with E-state index < -0.39 is 0 Å². The average Bonchev–Trinajstić information content (AvgIpc) is 2.66. The molecule has 2 aromatic heterocycles. The highest BCUT2D eigenvalue weighted by Crippen LogP contribution is 2.20. The second-order valence-corrected chi connectivity index (χ2v) is 5.84. The molecular weight excluding hydrogens is 326 g/mol. The molecule has 0 bridgehead atoms. The molecule has 2 N–H and O–H groups in total. The third-order valence-electron chi connectivity index (χ3n) is 4.09. The summed E-state index contributed by atoms with van der Waals surface area (Å²) in [5.74, 6) is -0.323. The third-order valence-corrected chi connectivity index (χ3v) is 4.09. The van der Waals surface area contributed by atoms with Crippen LogP contribution in [0, 0.1) is 0 Å². The number of pyridine rings is 2. The molecule has 5 nitrogen and oxygen atoms in total. The number of carbonyl (C=O) groups excluding carboxylic acids is 1. The van der Waals surface area contributed by atoms with E-state index in [1.807, 2.05) is 48.5 Å². The number of aromatic amines is 1. The van der Waals surface area contributed by atoms with Crippen LogP contribution in [-0.4, -0.2) is 15.9 Å². The summed E-state index contributed by atoms with van der Waals surface area (Å²) in [5.41, 5.74) is 2.31. The van der Waals surface area contributed by atoms with E-state index in [9.17, 15) is 9.59 Å². The number of nitrogens with one attached hydrogen (secondary N) is 2. The van der Waals surface area contributed by atoms with Crippen LogP contribution in [0.2, 0.25) is 0 Å². The van der Waals surface area contributed by atoms with Crippen LogP contribution >= 0.6 is 0 Å². The number of H-pyrrole nitrogens is 1. The summed E-state index contributed by atoms with van der Waals surface area (Å²) in [6, 6.07) is 18.6. The van der Waals surface area contributed by atoms with Crippen molar-refractivity contribution in [1.29, 1.82) is 0 Å². The van der Waals surface area contributed by atoms with Gasteiger partial charge in [-0.3, -0.25) is 14.6 Å². The van der Waals surface area contributed by atoms with Gasteiger partial charge in [0, 0.05) is 28.7 Å². The fraction of sp³-hybridized carbons (Fsp3) is 0. The highest BCUT2D eigenvalue weighted by molar-refractivity contribution is 6.06. The Morgan fingerprint density at radius 3 is 2.73 bits per heavy atom. The number of hydrogen-bond acceptors (Lipinski definition) is 3. The molecule has 5 heteroatoms. The van der Waals surface area contributed by atoms with E-state index >= 15 is 0 Å². The molecule has 0 fully saturated rings. The van der Waals surface area contributed by atoms with Gasteiger partial charge in [-0.05, 0) is 35.7 Å². The van der Waals surface area contributed by atoms with E-state index in [0.29, 0.717) is 11.3 Å². The quantitative estimate of drug-likeness (QED) is 0.558. The highest BCUT2D eigenvalue weighted by atomic mass is 16.1. The van der Waals surface area contributed by atoms with Gasteiger partial charge in [-0.2, -0.15) is 0 Å². The largest absolute Gasteiger partial charge is 0.321 e. The Labute approximate surface area is 149 Å². The van der Waals surface area contributed by atoms with Gasteiger partial charge < -0.3 is 10.3 Å². The van der Waals surface area contributed by atoms with Gasteiger partial charge >= 0.3 is 0 Å². The monoisotopic (exact) mass is 341 g/mol. The third kappa shape index (κ3) is 3.10. The van der Waals surface area contributed by atoms with Gasteiger partial charge in [-0.25, -0.2) is 0 Å². The maximum Gasteiger partial charge on any atom is 0.255 e. The van der Waals surface area contributed by atoms with Crippen molar-refractivity contribution in [2.45, 2.75) is 0 Å². The van der Waals surface area contributed by atoms with Gasteiger partial charge in [0.2, 0.25) is 5.91 Å². The molecule has 4 rings (SSSR count). The van der Waals surface area contributed by atoms with Crippen molar-refractivity contribution < 1.29 is 4.79 Å². The summed E-state index contributed by atoms with van der Waals surface area (Å²) in [4.78, 5) is 31.5. The maximum atomic E-state index is 12.3. The van der Waals surface area contributed by atoms with Crippen molar-refractivity contribution in [1.82, 2.24) is 9.97 Å². The number of fused-ring (bicyclic) bond motifs is 2. The first-order chi connectivity index (χ1) is 12.7. The number of rotatable bonds is 3. The van der Waals surface area contributed by atoms with Crippen LogP contribution < -0.4 is 10.9 Å². The Hall–Kier alpha value is -3.73. The summed E-state index contributed by atoms with van der Waals surface area (Å²) < 4.78 is 0. The normalized spacial score (nSPS) is 11.2. The van der Waals surface area contributed by atoms with E-state index in [1.54, 1.807) is 18.3 Å². The van der Waals surface area contributed by atoms with Gasteiger partial charge in [0.25, 0.3) is 5.56 Å². The Bertz CT molecular complexity index is 1200. The predicted molar refractivity (Wildman–Crippen MR) is 104 cm³/mol.